The van der Waals surface area contributed by atoms with Crippen LogP contribution in [0.5, 0.6) is 0 Å². The van der Waals surface area contributed by atoms with Crippen LogP contribution >= 0.6 is 0 Å². The zero-order valence-electron chi connectivity index (χ0n) is 14.1. The van der Waals surface area contributed by atoms with Gasteiger partial charge in [0.1, 0.15) is 0 Å². The van der Waals surface area contributed by atoms with Crippen molar-refractivity contribution in [2.24, 2.45) is 5.92 Å². The number of benzene rings is 1. The lowest BCUT2D eigenvalue weighted by atomic mass is 9.97. The summed E-state index contributed by atoms with van der Waals surface area (Å²) >= 11 is 0. The molecule has 5 nitrogen and oxygen atoms in total. The van der Waals surface area contributed by atoms with Crippen LogP contribution in [0.4, 0.5) is 5.69 Å². The summed E-state index contributed by atoms with van der Waals surface area (Å²) in [6.07, 6.45) is 1.52. The van der Waals surface area contributed by atoms with Crippen LogP contribution in [0.3, 0.4) is 0 Å². The van der Waals surface area contributed by atoms with E-state index < -0.39 is 5.97 Å². The van der Waals surface area contributed by atoms with Gasteiger partial charge >= 0.3 is 5.97 Å². The number of carbonyl (C=O) groups excluding carboxylic acids is 1. The second-order valence-corrected chi connectivity index (χ2v) is 6.65. The number of piperidine rings is 1. The fourth-order valence-electron chi connectivity index (χ4n) is 3.13. The number of aryl methyl sites for hydroxylation is 1. The molecule has 2 rings (SSSR count). The van der Waals surface area contributed by atoms with E-state index in [1.54, 1.807) is 0 Å². The number of rotatable bonds is 5. The van der Waals surface area contributed by atoms with E-state index in [-0.39, 0.29) is 18.4 Å². The lowest BCUT2D eigenvalue weighted by Crippen LogP contribution is -2.42. The number of carboxylic acids is 1. The maximum Gasteiger partial charge on any atom is 0.307 e. The summed E-state index contributed by atoms with van der Waals surface area (Å²) in [5.74, 6) is -0.874. The van der Waals surface area contributed by atoms with E-state index in [1.807, 2.05) is 30.0 Å². The molecule has 1 saturated heterocycles. The Kier molecular flexibility index (Phi) is 5.77. The van der Waals surface area contributed by atoms with Gasteiger partial charge in [-0.25, -0.2) is 0 Å². The van der Waals surface area contributed by atoms with Gasteiger partial charge in [0.05, 0.1) is 12.5 Å². The van der Waals surface area contributed by atoms with Gasteiger partial charge in [0.2, 0.25) is 5.91 Å². The van der Waals surface area contributed by atoms with Gasteiger partial charge in [-0.1, -0.05) is 32.0 Å². The normalized spacial score (nSPS) is 18.9. The highest BCUT2D eigenvalue weighted by Crippen LogP contribution is 2.27. The van der Waals surface area contributed by atoms with Crippen molar-refractivity contribution in [3.05, 3.63) is 29.3 Å². The van der Waals surface area contributed by atoms with Crippen molar-refractivity contribution in [3.63, 3.8) is 0 Å². The van der Waals surface area contributed by atoms with Crippen molar-refractivity contribution in [1.29, 1.82) is 0 Å². The molecule has 0 spiro atoms. The number of likely N-dealkylation sites (tertiary alicyclic amines) is 1. The number of aliphatic carboxylic acids is 1. The van der Waals surface area contributed by atoms with Crippen LogP contribution in [0.25, 0.3) is 0 Å². The first-order valence-corrected chi connectivity index (χ1v) is 8.23. The summed E-state index contributed by atoms with van der Waals surface area (Å²) in [5.41, 5.74) is 3.06. The molecule has 0 aliphatic carbocycles. The van der Waals surface area contributed by atoms with Gasteiger partial charge in [0.25, 0.3) is 0 Å². The number of carboxylic acid groups (broad SMARTS) is 1. The van der Waals surface area contributed by atoms with E-state index in [0.717, 1.165) is 29.8 Å². The van der Waals surface area contributed by atoms with Gasteiger partial charge in [-0.3, -0.25) is 14.5 Å². The second kappa shape index (κ2) is 7.59. The number of amides is 1. The molecule has 126 valence electrons. The molecule has 1 aliphatic rings. The first-order valence-electron chi connectivity index (χ1n) is 8.23. The number of nitrogens with one attached hydrogen (secondary N) is 1. The minimum atomic E-state index is -0.767. The molecule has 1 unspecified atom stereocenters. The fourth-order valence-corrected chi connectivity index (χ4v) is 3.13. The maximum absolute atomic E-state index is 12.4. The molecule has 0 bridgehead atoms. The fraction of sp³-hybridized carbons (Fsp3) is 0.556. The molecular formula is C18H26N2O3. The van der Waals surface area contributed by atoms with Crippen LogP contribution in [0, 0.1) is 12.8 Å². The van der Waals surface area contributed by atoms with E-state index in [9.17, 15) is 9.59 Å². The Morgan fingerprint density at radius 1 is 1.39 bits per heavy atom. The standard InChI is InChI=1S/C18H26N2O3/c1-12(2)15-8-4-6-13(3)17(15)19-16(21)11-20-9-5-7-14(10-20)18(22)23/h4,6,8,12,14H,5,7,9-11H2,1-3H3,(H,19,21)(H,22,23). The highest BCUT2D eigenvalue weighted by Gasteiger charge is 2.26. The highest BCUT2D eigenvalue weighted by atomic mass is 16.4. The van der Waals surface area contributed by atoms with Gasteiger partial charge in [-0.05, 0) is 43.4 Å². The van der Waals surface area contributed by atoms with Crippen LogP contribution in [0.15, 0.2) is 18.2 Å². The molecule has 1 fully saturated rings. The summed E-state index contributed by atoms with van der Waals surface area (Å²) in [6.45, 7) is 7.67. The van der Waals surface area contributed by atoms with E-state index in [1.165, 1.54) is 0 Å². The number of hydrogen-bond donors (Lipinski definition) is 2. The summed E-state index contributed by atoms with van der Waals surface area (Å²) in [6, 6.07) is 6.03. The first-order chi connectivity index (χ1) is 10.9. The van der Waals surface area contributed by atoms with E-state index >= 15 is 0 Å². The maximum atomic E-state index is 12.4. The van der Waals surface area contributed by atoms with Crippen molar-refractivity contribution in [3.8, 4) is 0 Å². The van der Waals surface area contributed by atoms with Crippen LogP contribution in [0.2, 0.25) is 0 Å². The predicted molar refractivity (Wildman–Crippen MR) is 90.7 cm³/mol. The number of carbonyl (C=O) groups is 2. The average molecular weight is 318 g/mol. The summed E-state index contributed by atoms with van der Waals surface area (Å²) in [7, 11) is 0. The smallest absolute Gasteiger partial charge is 0.307 e. The molecule has 5 heteroatoms. The minimum absolute atomic E-state index is 0.0766. The monoisotopic (exact) mass is 318 g/mol. The lowest BCUT2D eigenvalue weighted by molar-refractivity contribution is -0.144. The van der Waals surface area contributed by atoms with E-state index in [4.69, 9.17) is 5.11 Å². The molecular weight excluding hydrogens is 292 g/mol. The van der Waals surface area contributed by atoms with Crippen LogP contribution < -0.4 is 5.32 Å². The average Bonchev–Trinajstić information content (AvgIpc) is 2.49. The van der Waals surface area contributed by atoms with Crippen molar-refractivity contribution in [1.82, 2.24) is 4.90 Å². The van der Waals surface area contributed by atoms with E-state index in [2.05, 4.69) is 19.2 Å². The van der Waals surface area contributed by atoms with Gasteiger partial charge in [-0.2, -0.15) is 0 Å². The molecule has 0 aromatic heterocycles. The number of hydrogen-bond acceptors (Lipinski definition) is 3. The molecule has 0 saturated carbocycles. The first kappa shape index (κ1) is 17.5. The number of nitrogens with zero attached hydrogens (tertiary/aromatic N) is 1. The largest absolute Gasteiger partial charge is 0.481 e. The SMILES string of the molecule is Cc1cccc(C(C)C)c1NC(=O)CN1CCCC(C(=O)O)C1. The van der Waals surface area contributed by atoms with Gasteiger partial charge < -0.3 is 10.4 Å². The molecule has 23 heavy (non-hydrogen) atoms. The van der Waals surface area contributed by atoms with Crippen LogP contribution in [-0.4, -0.2) is 41.5 Å². The Labute approximate surface area is 137 Å². The van der Waals surface area contributed by atoms with Crippen LogP contribution in [0.1, 0.15) is 43.7 Å². The van der Waals surface area contributed by atoms with Crippen molar-refractivity contribution in [2.45, 2.75) is 39.5 Å². The Morgan fingerprint density at radius 2 is 2.13 bits per heavy atom. The molecule has 1 atom stereocenters. The molecule has 0 radical (unpaired) electrons. The minimum Gasteiger partial charge on any atom is -0.481 e. The highest BCUT2D eigenvalue weighted by molar-refractivity contribution is 5.94. The molecule has 2 N–H and O–H groups in total. The van der Waals surface area contributed by atoms with Crippen molar-refractivity contribution in [2.75, 3.05) is 25.0 Å². The van der Waals surface area contributed by atoms with Gasteiger partial charge in [0.15, 0.2) is 0 Å². The number of para-hydroxylation sites is 1. The Balaban J connectivity index is 2.01. The zero-order chi connectivity index (χ0) is 17.0. The van der Waals surface area contributed by atoms with Crippen molar-refractivity contribution < 1.29 is 14.7 Å². The Morgan fingerprint density at radius 3 is 2.78 bits per heavy atom. The molecule has 1 aliphatic heterocycles. The third-order valence-corrected chi connectivity index (χ3v) is 4.41. The lowest BCUT2D eigenvalue weighted by Gasteiger charge is -2.30. The van der Waals surface area contributed by atoms with Gasteiger partial charge in [0, 0.05) is 12.2 Å². The number of anilines is 1. The summed E-state index contributed by atoms with van der Waals surface area (Å²) in [4.78, 5) is 25.4. The molecule has 1 aromatic carbocycles. The van der Waals surface area contributed by atoms with Crippen LogP contribution in [-0.2, 0) is 9.59 Å². The zero-order valence-corrected chi connectivity index (χ0v) is 14.1. The third kappa shape index (κ3) is 4.55. The molecule has 1 heterocycles. The Bertz CT molecular complexity index is 584. The van der Waals surface area contributed by atoms with E-state index in [0.29, 0.717) is 18.9 Å². The predicted octanol–water partition coefficient (Wildman–Crippen LogP) is 2.85. The second-order valence-electron chi connectivity index (χ2n) is 6.65. The summed E-state index contributed by atoms with van der Waals surface area (Å²) in [5, 5.41) is 12.2. The van der Waals surface area contributed by atoms with Gasteiger partial charge in [-0.15, -0.1) is 0 Å². The topological polar surface area (TPSA) is 69.6 Å². The Hall–Kier alpha value is -1.88. The quantitative estimate of drug-likeness (QED) is 0.876. The molecule has 1 amide bonds. The summed E-state index contributed by atoms with van der Waals surface area (Å²) < 4.78 is 0. The molecule has 1 aromatic rings. The third-order valence-electron chi connectivity index (χ3n) is 4.41. The van der Waals surface area contributed by atoms with Crippen molar-refractivity contribution >= 4 is 17.6 Å².